The van der Waals surface area contributed by atoms with E-state index in [1.165, 1.54) is 38.5 Å². The molecule has 0 spiro atoms. The van der Waals surface area contributed by atoms with E-state index in [0.29, 0.717) is 0 Å². The SMILES string of the molecule is c1ccc(-c2cc(B3c4ccccc4-c4nc5ccccc5cc43)cc(N3c4ccccc4N(c4ccccc4)c4ccccc43)c2)cc1. The number of para-hydroxylation sites is 6. The summed E-state index contributed by atoms with van der Waals surface area (Å²) in [5.74, 6) is 0. The summed E-state index contributed by atoms with van der Waals surface area (Å²) in [5.41, 5.74) is 16.3. The van der Waals surface area contributed by atoms with Crippen LogP contribution in [-0.4, -0.2) is 11.7 Å². The Labute approximate surface area is 286 Å². The van der Waals surface area contributed by atoms with E-state index in [2.05, 4.69) is 192 Å². The fraction of sp³-hybridized carbons (Fsp3) is 0. The molecule has 10 rings (SSSR count). The smallest absolute Gasteiger partial charge is 0.245 e. The third-order valence-electron chi connectivity index (χ3n) is 9.97. The summed E-state index contributed by atoms with van der Waals surface area (Å²) in [6.45, 7) is 0.0433. The first-order chi connectivity index (χ1) is 24.3. The second-order valence-electron chi connectivity index (χ2n) is 12.8. The second kappa shape index (κ2) is 11.1. The van der Waals surface area contributed by atoms with Crippen molar-refractivity contribution in [1.29, 1.82) is 0 Å². The summed E-state index contributed by atoms with van der Waals surface area (Å²) >= 11 is 0. The Morgan fingerprint density at radius 2 is 0.980 bits per heavy atom. The highest BCUT2D eigenvalue weighted by atomic mass is 15.3. The Kier molecular flexibility index (Phi) is 6.28. The summed E-state index contributed by atoms with van der Waals surface area (Å²) in [4.78, 5) is 10.1. The van der Waals surface area contributed by atoms with Crippen molar-refractivity contribution in [3.05, 3.63) is 182 Å². The van der Waals surface area contributed by atoms with E-state index in [9.17, 15) is 0 Å². The van der Waals surface area contributed by atoms with Crippen molar-refractivity contribution in [2.45, 2.75) is 0 Å². The van der Waals surface area contributed by atoms with Crippen LogP contribution in [0.4, 0.5) is 34.1 Å². The average Bonchev–Trinajstić information content (AvgIpc) is 3.49. The van der Waals surface area contributed by atoms with Gasteiger partial charge in [0.1, 0.15) is 0 Å². The molecule has 0 N–H and O–H groups in total. The van der Waals surface area contributed by atoms with Crippen molar-refractivity contribution in [1.82, 2.24) is 4.98 Å². The van der Waals surface area contributed by atoms with Gasteiger partial charge in [0.15, 0.2) is 0 Å². The van der Waals surface area contributed by atoms with Gasteiger partial charge in [-0.05, 0) is 82.1 Å². The Morgan fingerprint density at radius 1 is 0.408 bits per heavy atom. The fourth-order valence-corrected chi connectivity index (χ4v) is 7.86. The highest BCUT2D eigenvalue weighted by Crippen LogP contribution is 2.54. The van der Waals surface area contributed by atoms with Crippen molar-refractivity contribution in [3.63, 3.8) is 0 Å². The molecule has 49 heavy (non-hydrogen) atoms. The Morgan fingerprint density at radius 3 is 1.69 bits per heavy atom. The minimum atomic E-state index is 0.0433. The number of benzene rings is 7. The Hall–Kier alpha value is -6.39. The van der Waals surface area contributed by atoms with Crippen molar-refractivity contribution in [2.75, 3.05) is 9.80 Å². The van der Waals surface area contributed by atoms with Crippen molar-refractivity contribution in [2.24, 2.45) is 0 Å². The van der Waals surface area contributed by atoms with E-state index in [1.807, 2.05) is 0 Å². The lowest BCUT2D eigenvalue weighted by Crippen LogP contribution is -2.49. The predicted octanol–water partition coefficient (Wildman–Crippen LogP) is 9.65. The predicted molar refractivity (Wildman–Crippen MR) is 207 cm³/mol. The molecule has 4 heteroatoms. The average molecular weight is 624 g/mol. The van der Waals surface area contributed by atoms with E-state index >= 15 is 0 Å². The normalized spacial score (nSPS) is 12.8. The maximum Gasteiger partial charge on any atom is 0.245 e. The van der Waals surface area contributed by atoms with Gasteiger partial charge in [-0.15, -0.1) is 0 Å². The van der Waals surface area contributed by atoms with E-state index in [4.69, 9.17) is 4.98 Å². The number of hydrogen-bond acceptors (Lipinski definition) is 3. The topological polar surface area (TPSA) is 19.4 Å². The zero-order valence-electron chi connectivity index (χ0n) is 26.7. The van der Waals surface area contributed by atoms with Crippen LogP contribution >= 0.6 is 0 Å². The largest absolute Gasteiger partial charge is 0.306 e. The van der Waals surface area contributed by atoms with Crippen LogP contribution in [-0.2, 0) is 0 Å². The van der Waals surface area contributed by atoms with Gasteiger partial charge in [0.05, 0.1) is 34.0 Å². The van der Waals surface area contributed by atoms with Crippen LogP contribution < -0.4 is 26.2 Å². The number of hydrogen-bond donors (Lipinski definition) is 0. The number of pyridine rings is 1. The van der Waals surface area contributed by atoms with E-state index in [-0.39, 0.29) is 6.71 Å². The first kappa shape index (κ1) is 27.7. The summed E-state index contributed by atoms with van der Waals surface area (Å²) in [6.07, 6.45) is 0. The zero-order valence-corrected chi connectivity index (χ0v) is 26.7. The van der Waals surface area contributed by atoms with Crippen LogP contribution in [0.15, 0.2) is 182 Å². The summed E-state index contributed by atoms with van der Waals surface area (Å²) < 4.78 is 0. The maximum atomic E-state index is 5.25. The summed E-state index contributed by atoms with van der Waals surface area (Å²) in [5, 5.41) is 1.17. The van der Waals surface area contributed by atoms with E-state index in [1.54, 1.807) is 0 Å². The van der Waals surface area contributed by atoms with Crippen LogP contribution in [0.1, 0.15) is 0 Å². The Balaban J connectivity index is 1.23. The molecule has 0 fully saturated rings. The number of nitrogens with zero attached hydrogens (tertiary/aromatic N) is 3. The lowest BCUT2D eigenvalue weighted by molar-refractivity contribution is 1.17. The number of anilines is 6. The number of fused-ring (bicyclic) bond motifs is 6. The van der Waals surface area contributed by atoms with E-state index < -0.39 is 0 Å². The first-order valence-corrected chi connectivity index (χ1v) is 16.8. The van der Waals surface area contributed by atoms with Gasteiger partial charge in [-0.3, -0.25) is 0 Å². The molecular formula is C45H30BN3. The van der Waals surface area contributed by atoms with E-state index in [0.717, 1.165) is 45.3 Å². The Bertz CT molecular complexity index is 2480. The summed E-state index contributed by atoms with van der Waals surface area (Å²) in [7, 11) is 0. The van der Waals surface area contributed by atoms with Crippen LogP contribution in [0.5, 0.6) is 0 Å². The molecule has 3 nitrogen and oxygen atoms in total. The zero-order chi connectivity index (χ0) is 32.3. The first-order valence-electron chi connectivity index (χ1n) is 16.8. The molecule has 0 bridgehead atoms. The number of rotatable bonds is 4. The van der Waals surface area contributed by atoms with Crippen molar-refractivity contribution >= 4 is 68.1 Å². The molecule has 0 radical (unpaired) electrons. The molecule has 0 saturated carbocycles. The van der Waals surface area contributed by atoms with Crippen LogP contribution in [0.3, 0.4) is 0 Å². The molecule has 1 aromatic heterocycles. The maximum absolute atomic E-state index is 5.25. The fourth-order valence-electron chi connectivity index (χ4n) is 7.86. The quantitative estimate of drug-likeness (QED) is 0.182. The third-order valence-corrected chi connectivity index (χ3v) is 9.97. The minimum absolute atomic E-state index is 0.0433. The van der Waals surface area contributed by atoms with Crippen molar-refractivity contribution in [3.8, 4) is 22.4 Å². The molecule has 0 aliphatic carbocycles. The van der Waals surface area contributed by atoms with Gasteiger partial charge in [0, 0.05) is 11.4 Å². The second-order valence-corrected chi connectivity index (χ2v) is 12.8. The van der Waals surface area contributed by atoms with Gasteiger partial charge >= 0.3 is 0 Å². The molecule has 7 aromatic carbocycles. The monoisotopic (exact) mass is 623 g/mol. The van der Waals surface area contributed by atoms with Gasteiger partial charge in [0.25, 0.3) is 0 Å². The number of aromatic nitrogens is 1. The molecule has 0 amide bonds. The molecule has 2 aliphatic heterocycles. The molecular weight excluding hydrogens is 593 g/mol. The summed E-state index contributed by atoms with van der Waals surface area (Å²) in [6, 6.07) is 65.7. The molecule has 2 aliphatic rings. The lowest BCUT2D eigenvalue weighted by atomic mass is 9.39. The molecule has 228 valence electrons. The third kappa shape index (κ3) is 4.42. The molecule has 3 heterocycles. The molecule has 0 unspecified atom stereocenters. The highest BCUT2D eigenvalue weighted by molar-refractivity contribution is 6.99. The molecule has 8 aromatic rings. The van der Waals surface area contributed by atoms with Gasteiger partial charge in [-0.1, -0.05) is 138 Å². The molecule has 0 atom stereocenters. The highest BCUT2D eigenvalue weighted by Gasteiger charge is 2.36. The van der Waals surface area contributed by atoms with Crippen LogP contribution in [0, 0.1) is 0 Å². The molecule has 0 saturated heterocycles. The minimum Gasteiger partial charge on any atom is -0.306 e. The van der Waals surface area contributed by atoms with Crippen LogP contribution in [0.25, 0.3) is 33.3 Å². The van der Waals surface area contributed by atoms with Gasteiger partial charge in [0.2, 0.25) is 6.71 Å². The van der Waals surface area contributed by atoms with Gasteiger partial charge < -0.3 is 9.80 Å². The standard InChI is InChI=1S/C45H30BN3/c1-3-15-31(16-4-1)33-27-34(46-38-21-9-8-20-37(38)45-39(46)29-32-17-7-10-22-40(32)47-45)30-36(28-33)49-43-25-13-11-23-41(43)48(35-18-5-2-6-19-35)42-24-12-14-26-44(42)49/h1-30H. The van der Waals surface area contributed by atoms with Crippen LogP contribution in [0.2, 0.25) is 0 Å². The van der Waals surface area contributed by atoms with Gasteiger partial charge in [-0.2, -0.15) is 0 Å². The van der Waals surface area contributed by atoms with Crippen molar-refractivity contribution < 1.29 is 0 Å². The van der Waals surface area contributed by atoms with Gasteiger partial charge in [-0.25, -0.2) is 4.98 Å². The lowest BCUT2D eigenvalue weighted by Gasteiger charge is -2.40.